The van der Waals surface area contributed by atoms with E-state index >= 15 is 0 Å². The average Bonchev–Trinajstić information content (AvgIpc) is 2.20. The first-order valence-corrected chi connectivity index (χ1v) is 5.85. The van der Waals surface area contributed by atoms with Crippen LogP contribution >= 0.6 is 0 Å². The Morgan fingerprint density at radius 3 is 2.35 bits per heavy atom. The van der Waals surface area contributed by atoms with Crippen LogP contribution in [-0.2, 0) is 0 Å². The lowest BCUT2D eigenvalue weighted by Crippen LogP contribution is -2.34. The van der Waals surface area contributed by atoms with Crippen molar-refractivity contribution >= 4 is 5.91 Å². The van der Waals surface area contributed by atoms with E-state index in [-0.39, 0.29) is 17.4 Å². The molecule has 0 saturated heterocycles. The normalized spacial score (nSPS) is 15.4. The lowest BCUT2D eigenvalue weighted by Gasteiger charge is -2.30. The van der Waals surface area contributed by atoms with Crippen LogP contribution in [0.25, 0.3) is 0 Å². The number of aromatic hydroxyl groups is 2. The van der Waals surface area contributed by atoms with Crippen LogP contribution in [0.15, 0.2) is 18.2 Å². The second-order valence-electron chi connectivity index (χ2n) is 4.72. The van der Waals surface area contributed by atoms with E-state index < -0.39 is 0 Å². The van der Waals surface area contributed by atoms with Crippen molar-refractivity contribution < 1.29 is 15.0 Å². The van der Waals surface area contributed by atoms with Crippen LogP contribution in [-0.4, -0.2) is 34.6 Å². The van der Waals surface area contributed by atoms with Gasteiger partial charge in [-0.1, -0.05) is 6.42 Å². The molecule has 92 valence electrons. The Labute approximate surface area is 100 Å². The predicted octanol–water partition coefficient (Wildman–Crippen LogP) is 1.97. The van der Waals surface area contributed by atoms with Gasteiger partial charge in [0.05, 0.1) is 0 Å². The first-order chi connectivity index (χ1) is 8.06. The van der Waals surface area contributed by atoms with E-state index in [4.69, 9.17) is 0 Å². The molecular weight excluding hydrogens is 218 g/mol. The Morgan fingerprint density at radius 1 is 1.29 bits per heavy atom. The van der Waals surface area contributed by atoms with Gasteiger partial charge in [0.15, 0.2) is 0 Å². The molecule has 2 rings (SSSR count). The van der Waals surface area contributed by atoms with Crippen LogP contribution in [0, 0.1) is 5.92 Å². The van der Waals surface area contributed by atoms with Crippen LogP contribution in [0.3, 0.4) is 0 Å². The summed E-state index contributed by atoms with van der Waals surface area (Å²) in [6.07, 6.45) is 3.62. The summed E-state index contributed by atoms with van der Waals surface area (Å²) in [5.74, 6) is 0.258. The van der Waals surface area contributed by atoms with E-state index in [1.807, 2.05) is 0 Å². The third-order valence-corrected chi connectivity index (χ3v) is 3.25. The highest BCUT2D eigenvalue weighted by Crippen LogP contribution is 2.27. The molecule has 0 aliphatic heterocycles. The van der Waals surface area contributed by atoms with Gasteiger partial charge in [0.2, 0.25) is 0 Å². The summed E-state index contributed by atoms with van der Waals surface area (Å²) >= 11 is 0. The van der Waals surface area contributed by atoms with Gasteiger partial charge in [-0.05, 0) is 30.9 Å². The first-order valence-electron chi connectivity index (χ1n) is 5.85. The highest BCUT2D eigenvalue weighted by atomic mass is 16.3. The maximum absolute atomic E-state index is 12.0. The molecule has 1 aromatic rings. The molecule has 0 atom stereocenters. The lowest BCUT2D eigenvalue weighted by atomic mass is 9.85. The molecule has 1 saturated carbocycles. The summed E-state index contributed by atoms with van der Waals surface area (Å²) in [5, 5.41) is 18.7. The Hall–Kier alpha value is -1.71. The average molecular weight is 235 g/mol. The minimum Gasteiger partial charge on any atom is -0.508 e. The number of phenols is 2. The van der Waals surface area contributed by atoms with Gasteiger partial charge in [0.25, 0.3) is 5.91 Å². The summed E-state index contributed by atoms with van der Waals surface area (Å²) in [7, 11) is 1.75. The molecule has 0 bridgehead atoms. The predicted molar refractivity (Wildman–Crippen MR) is 64.1 cm³/mol. The number of nitrogens with zero attached hydrogens (tertiary/aromatic N) is 1. The summed E-state index contributed by atoms with van der Waals surface area (Å²) < 4.78 is 0. The number of amides is 1. The zero-order valence-electron chi connectivity index (χ0n) is 9.89. The zero-order chi connectivity index (χ0) is 12.4. The highest BCUT2D eigenvalue weighted by Gasteiger charge is 2.22. The molecule has 1 aromatic carbocycles. The molecular formula is C13H17NO3. The molecule has 17 heavy (non-hydrogen) atoms. The SMILES string of the molecule is CN(CC1CCC1)C(=O)c1cc(O)cc(O)c1. The molecule has 1 aliphatic carbocycles. The van der Waals surface area contributed by atoms with Gasteiger partial charge >= 0.3 is 0 Å². The summed E-state index contributed by atoms with van der Waals surface area (Å²) in [6, 6.07) is 3.96. The van der Waals surface area contributed by atoms with E-state index in [1.165, 1.54) is 37.5 Å². The standard InChI is InChI=1S/C13H17NO3/c1-14(8-9-3-2-4-9)13(17)10-5-11(15)7-12(16)6-10/h5-7,9,15-16H,2-4,8H2,1H3. The quantitative estimate of drug-likeness (QED) is 0.842. The molecule has 0 aromatic heterocycles. The maximum Gasteiger partial charge on any atom is 0.253 e. The molecule has 0 radical (unpaired) electrons. The van der Waals surface area contributed by atoms with Gasteiger partial charge in [0, 0.05) is 25.2 Å². The number of carbonyl (C=O) groups is 1. The van der Waals surface area contributed by atoms with E-state index in [9.17, 15) is 15.0 Å². The van der Waals surface area contributed by atoms with Gasteiger partial charge in [-0.25, -0.2) is 0 Å². The largest absolute Gasteiger partial charge is 0.508 e. The smallest absolute Gasteiger partial charge is 0.253 e. The minimum atomic E-state index is -0.164. The zero-order valence-corrected chi connectivity index (χ0v) is 9.89. The first kappa shape index (κ1) is 11.8. The Morgan fingerprint density at radius 2 is 1.88 bits per heavy atom. The summed E-state index contributed by atoms with van der Waals surface area (Å²) in [5.41, 5.74) is 0.323. The molecule has 0 spiro atoms. The second-order valence-corrected chi connectivity index (χ2v) is 4.72. The van der Waals surface area contributed by atoms with Crippen molar-refractivity contribution in [3.05, 3.63) is 23.8 Å². The number of rotatable bonds is 3. The minimum absolute atomic E-state index is 0.0922. The Bertz CT molecular complexity index is 406. The molecule has 4 heteroatoms. The molecule has 0 unspecified atom stereocenters. The second kappa shape index (κ2) is 4.65. The number of hydrogen-bond donors (Lipinski definition) is 2. The molecule has 1 amide bonds. The van der Waals surface area contributed by atoms with Crippen molar-refractivity contribution in [1.82, 2.24) is 4.90 Å². The number of phenolic OH excluding ortho intramolecular Hbond substituents is 2. The third kappa shape index (κ3) is 2.70. The fourth-order valence-electron chi connectivity index (χ4n) is 2.08. The van der Waals surface area contributed by atoms with Crippen LogP contribution in [0.2, 0.25) is 0 Å². The van der Waals surface area contributed by atoms with Crippen molar-refractivity contribution in [3.63, 3.8) is 0 Å². The Balaban J connectivity index is 2.06. The van der Waals surface area contributed by atoms with Crippen LogP contribution in [0.5, 0.6) is 11.5 Å². The topological polar surface area (TPSA) is 60.8 Å². The molecule has 2 N–H and O–H groups in total. The van der Waals surface area contributed by atoms with E-state index in [1.54, 1.807) is 11.9 Å². The van der Waals surface area contributed by atoms with Crippen molar-refractivity contribution in [2.75, 3.05) is 13.6 Å². The van der Waals surface area contributed by atoms with Crippen LogP contribution in [0.1, 0.15) is 29.6 Å². The Kier molecular flexibility index (Phi) is 3.22. The number of carbonyl (C=O) groups excluding carboxylic acids is 1. The number of hydrogen-bond acceptors (Lipinski definition) is 3. The fourth-order valence-corrected chi connectivity index (χ4v) is 2.08. The molecule has 1 aliphatic rings. The molecule has 4 nitrogen and oxygen atoms in total. The third-order valence-electron chi connectivity index (χ3n) is 3.25. The van der Waals surface area contributed by atoms with E-state index in [0.717, 1.165) is 6.54 Å². The lowest BCUT2D eigenvalue weighted by molar-refractivity contribution is 0.0744. The van der Waals surface area contributed by atoms with Crippen molar-refractivity contribution in [1.29, 1.82) is 0 Å². The fraction of sp³-hybridized carbons (Fsp3) is 0.462. The van der Waals surface area contributed by atoms with Crippen LogP contribution in [0.4, 0.5) is 0 Å². The van der Waals surface area contributed by atoms with Crippen molar-refractivity contribution in [2.24, 2.45) is 5.92 Å². The van der Waals surface area contributed by atoms with E-state index in [0.29, 0.717) is 11.5 Å². The highest BCUT2D eigenvalue weighted by molar-refractivity contribution is 5.94. The maximum atomic E-state index is 12.0. The molecule has 0 heterocycles. The molecule has 1 fully saturated rings. The number of benzene rings is 1. The van der Waals surface area contributed by atoms with Gasteiger partial charge in [-0.15, -0.1) is 0 Å². The van der Waals surface area contributed by atoms with Crippen molar-refractivity contribution in [2.45, 2.75) is 19.3 Å². The monoisotopic (exact) mass is 235 g/mol. The van der Waals surface area contributed by atoms with Gasteiger partial charge in [0.1, 0.15) is 11.5 Å². The summed E-state index contributed by atoms with van der Waals surface area (Å²) in [6.45, 7) is 0.745. The van der Waals surface area contributed by atoms with Gasteiger partial charge < -0.3 is 15.1 Å². The van der Waals surface area contributed by atoms with Gasteiger partial charge in [-0.2, -0.15) is 0 Å². The van der Waals surface area contributed by atoms with E-state index in [2.05, 4.69) is 0 Å². The van der Waals surface area contributed by atoms with Crippen molar-refractivity contribution in [3.8, 4) is 11.5 Å². The van der Waals surface area contributed by atoms with Crippen LogP contribution < -0.4 is 0 Å². The summed E-state index contributed by atoms with van der Waals surface area (Å²) in [4.78, 5) is 13.7. The van der Waals surface area contributed by atoms with Gasteiger partial charge in [-0.3, -0.25) is 4.79 Å².